The molecule has 5 rings (SSSR count). The van der Waals surface area contributed by atoms with Gasteiger partial charge in [0, 0.05) is 57.9 Å². The molecule has 0 bridgehead atoms. The van der Waals surface area contributed by atoms with Crippen molar-refractivity contribution in [2.24, 2.45) is 11.8 Å². The smallest absolute Gasteiger partial charge is 0.228 e. The maximum Gasteiger partial charge on any atom is 0.228 e. The minimum absolute atomic E-state index is 0.0124. The van der Waals surface area contributed by atoms with Gasteiger partial charge in [-0.1, -0.05) is 6.92 Å². The first kappa shape index (κ1) is 22.6. The number of carbonyl (C=O) groups excluding carboxylic acids is 2. The molecule has 2 amide bonds. The van der Waals surface area contributed by atoms with Gasteiger partial charge in [0.2, 0.25) is 11.8 Å². The molecule has 0 N–H and O–H groups in total. The Morgan fingerprint density at radius 1 is 0.882 bits per heavy atom. The van der Waals surface area contributed by atoms with Crippen LogP contribution in [-0.4, -0.2) is 72.7 Å². The first-order chi connectivity index (χ1) is 16.5. The maximum absolute atomic E-state index is 13.2. The van der Waals surface area contributed by atoms with Crippen LogP contribution in [0.1, 0.15) is 26.2 Å². The number of piperidine rings is 1. The van der Waals surface area contributed by atoms with Crippen molar-refractivity contribution >= 4 is 29.1 Å². The monoisotopic (exact) mass is 466 g/mol. The molecule has 8 nitrogen and oxygen atoms in total. The Kier molecular flexibility index (Phi) is 6.34. The first-order valence-corrected chi connectivity index (χ1v) is 12.2. The van der Waals surface area contributed by atoms with Crippen LogP contribution in [0.5, 0.6) is 0 Å². The fourth-order valence-electron chi connectivity index (χ4n) is 5.05. The van der Waals surface area contributed by atoms with Gasteiger partial charge < -0.3 is 19.6 Å². The molecule has 3 fully saturated rings. The summed E-state index contributed by atoms with van der Waals surface area (Å²) in [7, 11) is 0. The van der Waals surface area contributed by atoms with Gasteiger partial charge in [0.1, 0.15) is 5.82 Å². The molecule has 1 aromatic heterocycles. The topological polar surface area (TPSA) is 72.9 Å². The first-order valence-electron chi connectivity index (χ1n) is 12.2. The van der Waals surface area contributed by atoms with Crippen LogP contribution in [0.4, 0.5) is 21.7 Å². The highest BCUT2D eigenvalue weighted by atomic mass is 19.1. The van der Waals surface area contributed by atoms with Gasteiger partial charge in [0.05, 0.1) is 5.92 Å². The second kappa shape index (κ2) is 9.56. The molecule has 3 aliphatic rings. The zero-order valence-electron chi connectivity index (χ0n) is 19.6. The van der Waals surface area contributed by atoms with Crippen LogP contribution >= 0.6 is 0 Å². The average Bonchev–Trinajstić information content (AvgIpc) is 3.26. The lowest BCUT2D eigenvalue weighted by atomic mass is 9.99. The van der Waals surface area contributed by atoms with Crippen molar-refractivity contribution in [1.82, 2.24) is 15.1 Å². The number of halogens is 1. The minimum atomic E-state index is -0.365. The lowest BCUT2D eigenvalue weighted by Crippen LogP contribution is -2.51. The lowest BCUT2D eigenvalue weighted by Gasteiger charge is -2.36. The third-order valence-corrected chi connectivity index (χ3v) is 7.27. The molecule has 180 valence electrons. The van der Waals surface area contributed by atoms with E-state index in [9.17, 15) is 14.0 Å². The molecule has 0 saturated carbocycles. The predicted octanol–water partition coefficient (Wildman–Crippen LogP) is 2.55. The molecular formula is C25H31FN6O2. The van der Waals surface area contributed by atoms with Crippen molar-refractivity contribution < 1.29 is 14.0 Å². The van der Waals surface area contributed by atoms with Crippen LogP contribution in [0.2, 0.25) is 0 Å². The summed E-state index contributed by atoms with van der Waals surface area (Å²) in [5, 5.41) is 8.91. The van der Waals surface area contributed by atoms with Gasteiger partial charge in [-0.25, -0.2) is 4.39 Å². The average molecular weight is 467 g/mol. The number of nitrogens with zero attached hydrogens (tertiary/aromatic N) is 6. The Morgan fingerprint density at radius 2 is 1.47 bits per heavy atom. The number of rotatable bonds is 4. The summed E-state index contributed by atoms with van der Waals surface area (Å²) < 4.78 is 13.2. The quantitative estimate of drug-likeness (QED) is 0.690. The van der Waals surface area contributed by atoms with E-state index in [1.807, 2.05) is 17.0 Å². The van der Waals surface area contributed by atoms with E-state index >= 15 is 0 Å². The fourth-order valence-corrected chi connectivity index (χ4v) is 5.05. The molecule has 1 atom stereocenters. The second-order valence-electron chi connectivity index (χ2n) is 9.61. The number of hydrogen-bond donors (Lipinski definition) is 0. The van der Waals surface area contributed by atoms with E-state index in [4.69, 9.17) is 0 Å². The van der Waals surface area contributed by atoms with E-state index in [-0.39, 0.29) is 30.0 Å². The molecule has 34 heavy (non-hydrogen) atoms. The van der Waals surface area contributed by atoms with Gasteiger partial charge in [-0.3, -0.25) is 9.59 Å². The van der Waals surface area contributed by atoms with E-state index in [2.05, 4.69) is 26.9 Å². The van der Waals surface area contributed by atoms with Crippen LogP contribution < -0.4 is 14.7 Å². The summed E-state index contributed by atoms with van der Waals surface area (Å²) in [6.07, 6.45) is 2.57. The molecule has 0 radical (unpaired) electrons. The van der Waals surface area contributed by atoms with Gasteiger partial charge in [-0.15, -0.1) is 10.2 Å². The number of piperazine rings is 1. The van der Waals surface area contributed by atoms with Crippen molar-refractivity contribution in [3.63, 3.8) is 0 Å². The largest absolute Gasteiger partial charge is 0.355 e. The van der Waals surface area contributed by atoms with E-state index in [1.165, 1.54) is 25.0 Å². The third kappa shape index (κ3) is 4.69. The number of amides is 2. The summed E-state index contributed by atoms with van der Waals surface area (Å²) in [6.45, 7) is 7.23. The zero-order chi connectivity index (χ0) is 23.7. The highest BCUT2D eigenvalue weighted by Gasteiger charge is 2.38. The molecule has 3 aliphatic heterocycles. The molecule has 0 aliphatic carbocycles. The van der Waals surface area contributed by atoms with Gasteiger partial charge in [-0.05, 0) is 55.2 Å². The van der Waals surface area contributed by atoms with Crippen molar-refractivity contribution in [1.29, 1.82) is 0 Å². The van der Waals surface area contributed by atoms with Crippen LogP contribution in [0.25, 0.3) is 0 Å². The van der Waals surface area contributed by atoms with Crippen LogP contribution in [0, 0.1) is 17.7 Å². The maximum atomic E-state index is 13.2. The summed E-state index contributed by atoms with van der Waals surface area (Å²) in [5.41, 5.74) is 0.632. The SMILES string of the molecule is CC1CCN(c2ccc(N3CCN(C(=O)C4CC(=O)N(c5ccc(F)cc5)C4)CC3)nn2)CC1. The standard InChI is InChI=1S/C25H31FN6O2/c1-18-8-10-29(11-9-18)22-6-7-23(28-27-22)30-12-14-31(15-13-30)25(34)19-16-24(33)32(17-19)21-4-2-20(26)3-5-21/h2-7,18-19H,8-17H2,1H3. The third-order valence-electron chi connectivity index (χ3n) is 7.27. The molecule has 2 aromatic rings. The lowest BCUT2D eigenvalue weighted by molar-refractivity contribution is -0.136. The van der Waals surface area contributed by atoms with Gasteiger partial charge in [-0.2, -0.15) is 0 Å². The van der Waals surface area contributed by atoms with E-state index < -0.39 is 0 Å². The molecule has 3 saturated heterocycles. The Labute approximate surface area is 199 Å². The normalized spacial score (nSPS) is 21.9. The van der Waals surface area contributed by atoms with Crippen LogP contribution in [-0.2, 0) is 9.59 Å². The highest BCUT2D eigenvalue weighted by Crippen LogP contribution is 2.27. The second-order valence-corrected chi connectivity index (χ2v) is 9.61. The zero-order valence-corrected chi connectivity index (χ0v) is 19.6. The number of anilines is 3. The van der Waals surface area contributed by atoms with E-state index in [0.717, 1.165) is 30.6 Å². The van der Waals surface area contributed by atoms with Crippen molar-refractivity contribution in [2.45, 2.75) is 26.2 Å². The number of hydrogen-bond acceptors (Lipinski definition) is 6. The van der Waals surface area contributed by atoms with Crippen LogP contribution in [0.15, 0.2) is 36.4 Å². The fraction of sp³-hybridized carbons (Fsp3) is 0.520. The van der Waals surface area contributed by atoms with Crippen molar-refractivity contribution in [2.75, 3.05) is 60.5 Å². The predicted molar refractivity (Wildman–Crippen MR) is 128 cm³/mol. The summed E-state index contributed by atoms with van der Waals surface area (Å²) >= 11 is 0. The summed E-state index contributed by atoms with van der Waals surface area (Å²) in [4.78, 5) is 33.5. The summed E-state index contributed by atoms with van der Waals surface area (Å²) in [5.74, 6) is 1.74. The Hall–Kier alpha value is -3.23. The Balaban J connectivity index is 1.14. The minimum Gasteiger partial charge on any atom is -0.355 e. The Bertz CT molecular complexity index is 1010. The molecule has 1 aromatic carbocycles. The molecule has 9 heteroatoms. The number of benzene rings is 1. The van der Waals surface area contributed by atoms with Gasteiger partial charge in [0.15, 0.2) is 11.6 Å². The van der Waals surface area contributed by atoms with Crippen LogP contribution in [0.3, 0.4) is 0 Å². The van der Waals surface area contributed by atoms with Gasteiger partial charge >= 0.3 is 0 Å². The number of aromatic nitrogens is 2. The van der Waals surface area contributed by atoms with E-state index in [1.54, 1.807) is 17.0 Å². The van der Waals surface area contributed by atoms with Crippen molar-refractivity contribution in [3.05, 3.63) is 42.2 Å². The number of carbonyl (C=O) groups is 2. The summed E-state index contributed by atoms with van der Waals surface area (Å²) in [6, 6.07) is 9.89. The molecular weight excluding hydrogens is 435 g/mol. The Morgan fingerprint density at radius 3 is 2.06 bits per heavy atom. The van der Waals surface area contributed by atoms with E-state index in [0.29, 0.717) is 38.4 Å². The van der Waals surface area contributed by atoms with Gasteiger partial charge in [0.25, 0.3) is 0 Å². The molecule has 4 heterocycles. The van der Waals surface area contributed by atoms with Crippen molar-refractivity contribution in [3.8, 4) is 0 Å². The highest BCUT2D eigenvalue weighted by molar-refractivity contribution is 6.00. The molecule has 1 unspecified atom stereocenters. The molecule has 0 spiro atoms.